The summed E-state index contributed by atoms with van der Waals surface area (Å²) in [5.74, 6) is 0.919. The van der Waals surface area contributed by atoms with Crippen molar-refractivity contribution >= 4 is 30.1 Å². The SMILES string of the molecule is COc1ccc(C=C(CSC(C)=O)B2OC(C)(C)C(C)(C)O2)nn1. The maximum Gasteiger partial charge on any atom is 0.491 e. The topological polar surface area (TPSA) is 70.5 Å². The Labute approximate surface area is 147 Å². The number of rotatable bonds is 5. The molecule has 0 aliphatic carbocycles. The Kier molecular flexibility index (Phi) is 5.73. The highest BCUT2D eigenvalue weighted by Gasteiger charge is 2.52. The van der Waals surface area contributed by atoms with E-state index in [9.17, 15) is 4.79 Å². The molecule has 6 nitrogen and oxygen atoms in total. The maximum atomic E-state index is 11.4. The van der Waals surface area contributed by atoms with Crippen molar-refractivity contribution in [3.05, 3.63) is 23.3 Å². The minimum Gasteiger partial charge on any atom is -0.480 e. The lowest BCUT2D eigenvalue weighted by molar-refractivity contribution is -0.109. The van der Waals surface area contributed by atoms with Gasteiger partial charge in [-0.3, -0.25) is 4.79 Å². The van der Waals surface area contributed by atoms with Crippen LogP contribution in [-0.2, 0) is 14.1 Å². The third kappa shape index (κ3) is 4.37. The first kappa shape index (κ1) is 19.0. The van der Waals surface area contributed by atoms with Crippen molar-refractivity contribution in [3.63, 3.8) is 0 Å². The average molecular weight is 350 g/mol. The average Bonchev–Trinajstić information content (AvgIpc) is 2.72. The number of nitrogens with zero attached hydrogens (tertiary/aromatic N) is 2. The minimum absolute atomic E-state index is 0.0400. The Morgan fingerprint density at radius 3 is 2.33 bits per heavy atom. The number of aromatic nitrogens is 2. The van der Waals surface area contributed by atoms with Crippen LogP contribution < -0.4 is 4.74 Å². The lowest BCUT2D eigenvalue weighted by atomic mass is 9.78. The highest BCUT2D eigenvalue weighted by Crippen LogP contribution is 2.39. The Bertz CT molecular complexity index is 615. The second kappa shape index (κ2) is 7.25. The van der Waals surface area contributed by atoms with Crippen molar-refractivity contribution in [1.29, 1.82) is 0 Å². The van der Waals surface area contributed by atoms with Crippen molar-refractivity contribution in [2.24, 2.45) is 0 Å². The number of ether oxygens (including phenoxy) is 1. The molecule has 0 unspecified atom stereocenters. The summed E-state index contributed by atoms with van der Waals surface area (Å²) in [6.45, 7) is 9.53. The summed E-state index contributed by atoms with van der Waals surface area (Å²) in [5.41, 5.74) is 0.616. The quantitative estimate of drug-likeness (QED) is 0.756. The molecule has 1 fully saturated rings. The first-order chi connectivity index (χ1) is 11.1. The summed E-state index contributed by atoms with van der Waals surface area (Å²) in [5, 5.41) is 8.10. The van der Waals surface area contributed by atoms with Gasteiger partial charge in [-0.2, -0.15) is 0 Å². The van der Waals surface area contributed by atoms with Gasteiger partial charge in [-0.05, 0) is 45.3 Å². The van der Waals surface area contributed by atoms with E-state index >= 15 is 0 Å². The zero-order valence-electron chi connectivity index (χ0n) is 15.0. The van der Waals surface area contributed by atoms with Crippen molar-refractivity contribution in [2.45, 2.75) is 45.8 Å². The van der Waals surface area contributed by atoms with Crippen molar-refractivity contribution in [1.82, 2.24) is 10.2 Å². The maximum absolute atomic E-state index is 11.4. The molecule has 2 heterocycles. The molecule has 0 spiro atoms. The normalized spacial score (nSPS) is 19.4. The summed E-state index contributed by atoms with van der Waals surface area (Å²) >= 11 is 1.21. The van der Waals surface area contributed by atoms with E-state index in [2.05, 4.69) is 10.2 Å². The first-order valence-electron chi connectivity index (χ1n) is 7.72. The van der Waals surface area contributed by atoms with E-state index in [0.717, 1.165) is 5.47 Å². The van der Waals surface area contributed by atoms with Crippen LogP contribution in [0.3, 0.4) is 0 Å². The smallest absolute Gasteiger partial charge is 0.480 e. The number of hydrogen-bond donors (Lipinski definition) is 0. The summed E-state index contributed by atoms with van der Waals surface area (Å²) in [6.07, 6.45) is 1.85. The van der Waals surface area contributed by atoms with E-state index in [-0.39, 0.29) is 5.12 Å². The molecule has 0 saturated carbocycles. The van der Waals surface area contributed by atoms with Gasteiger partial charge >= 0.3 is 7.12 Å². The number of thioether (sulfide) groups is 1. The fourth-order valence-electron chi connectivity index (χ4n) is 2.06. The molecule has 1 aromatic heterocycles. The van der Waals surface area contributed by atoms with Crippen LogP contribution in [0, 0.1) is 0 Å². The Balaban J connectivity index is 2.27. The van der Waals surface area contributed by atoms with Crippen LogP contribution in [0.2, 0.25) is 0 Å². The number of hydrogen-bond acceptors (Lipinski definition) is 7. The first-order valence-corrected chi connectivity index (χ1v) is 8.70. The van der Waals surface area contributed by atoms with Gasteiger partial charge in [0.05, 0.1) is 24.0 Å². The van der Waals surface area contributed by atoms with Crippen LogP contribution in [0.4, 0.5) is 0 Å². The van der Waals surface area contributed by atoms with E-state index in [1.54, 1.807) is 26.2 Å². The lowest BCUT2D eigenvalue weighted by Crippen LogP contribution is -2.41. The second-order valence-electron chi connectivity index (χ2n) is 6.59. The molecule has 1 aliphatic heterocycles. The third-order valence-corrected chi connectivity index (χ3v) is 5.09. The Hall–Kier alpha value is -1.38. The molecule has 1 saturated heterocycles. The van der Waals surface area contributed by atoms with E-state index < -0.39 is 18.3 Å². The van der Waals surface area contributed by atoms with Crippen LogP contribution in [-0.4, -0.2) is 46.5 Å². The molecular weight excluding hydrogens is 327 g/mol. The van der Waals surface area contributed by atoms with E-state index in [4.69, 9.17) is 14.0 Å². The number of carbonyl (C=O) groups is 1. The van der Waals surface area contributed by atoms with Gasteiger partial charge in [-0.1, -0.05) is 11.8 Å². The molecule has 2 rings (SSSR count). The Morgan fingerprint density at radius 2 is 1.88 bits per heavy atom. The lowest BCUT2D eigenvalue weighted by Gasteiger charge is -2.32. The molecule has 0 N–H and O–H groups in total. The predicted molar refractivity (Wildman–Crippen MR) is 95.8 cm³/mol. The molecule has 0 aromatic carbocycles. The molecule has 0 bridgehead atoms. The molecular formula is C16H23BN2O4S. The summed E-state index contributed by atoms with van der Waals surface area (Å²) in [7, 11) is 1.02. The minimum atomic E-state index is -0.522. The molecule has 130 valence electrons. The fraction of sp³-hybridized carbons (Fsp3) is 0.562. The third-order valence-electron chi connectivity index (χ3n) is 4.20. The van der Waals surface area contributed by atoms with Crippen LogP contribution in [0.25, 0.3) is 6.08 Å². The van der Waals surface area contributed by atoms with Crippen LogP contribution in [0.1, 0.15) is 40.3 Å². The highest BCUT2D eigenvalue weighted by atomic mass is 32.2. The van der Waals surface area contributed by atoms with Gasteiger partial charge < -0.3 is 14.0 Å². The highest BCUT2D eigenvalue weighted by molar-refractivity contribution is 8.13. The van der Waals surface area contributed by atoms with Crippen molar-refractivity contribution in [2.75, 3.05) is 12.9 Å². The van der Waals surface area contributed by atoms with Crippen LogP contribution >= 0.6 is 11.8 Å². The van der Waals surface area contributed by atoms with Crippen LogP contribution in [0.15, 0.2) is 17.6 Å². The zero-order chi connectivity index (χ0) is 18.0. The molecule has 0 radical (unpaired) electrons. The van der Waals surface area contributed by atoms with E-state index in [1.807, 2.05) is 33.8 Å². The molecule has 24 heavy (non-hydrogen) atoms. The summed E-state index contributed by atoms with van der Waals surface area (Å²) in [6, 6.07) is 3.54. The van der Waals surface area contributed by atoms with Gasteiger partial charge in [0, 0.05) is 18.7 Å². The Morgan fingerprint density at radius 1 is 1.25 bits per heavy atom. The monoisotopic (exact) mass is 350 g/mol. The summed E-state index contributed by atoms with van der Waals surface area (Å²) in [4.78, 5) is 11.4. The van der Waals surface area contributed by atoms with Crippen molar-refractivity contribution < 1.29 is 18.8 Å². The standard InChI is InChI=1S/C16H23BN2O4S/c1-11(20)24-10-12(9-13-7-8-14(21-6)19-18-13)17-22-15(2,3)16(4,5)23-17/h7-9H,10H2,1-6H3. The second-order valence-corrected chi connectivity index (χ2v) is 7.74. The fourth-order valence-corrected chi connectivity index (χ4v) is 2.65. The van der Waals surface area contributed by atoms with Gasteiger partial charge in [0.15, 0.2) is 5.12 Å². The molecule has 0 amide bonds. The molecule has 0 atom stereocenters. The van der Waals surface area contributed by atoms with Gasteiger partial charge in [-0.15, -0.1) is 10.2 Å². The largest absolute Gasteiger partial charge is 0.491 e. The molecule has 8 heteroatoms. The predicted octanol–water partition coefficient (Wildman–Crippen LogP) is 2.78. The summed E-state index contributed by atoms with van der Waals surface area (Å²) < 4.78 is 17.2. The number of carbonyl (C=O) groups excluding carboxylic acids is 1. The zero-order valence-corrected chi connectivity index (χ0v) is 15.8. The number of methoxy groups -OCH3 is 1. The van der Waals surface area contributed by atoms with Crippen LogP contribution in [0.5, 0.6) is 5.88 Å². The van der Waals surface area contributed by atoms with E-state index in [0.29, 0.717) is 17.3 Å². The van der Waals surface area contributed by atoms with Gasteiger partial charge in [-0.25, -0.2) is 0 Å². The van der Waals surface area contributed by atoms with Gasteiger partial charge in [0.2, 0.25) is 5.88 Å². The van der Waals surface area contributed by atoms with E-state index in [1.165, 1.54) is 11.8 Å². The molecule has 1 aromatic rings. The molecule has 1 aliphatic rings. The van der Waals surface area contributed by atoms with Crippen molar-refractivity contribution in [3.8, 4) is 5.88 Å². The van der Waals surface area contributed by atoms with Gasteiger partial charge in [0.25, 0.3) is 0 Å². The van der Waals surface area contributed by atoms with Gasteiger partial charge in [0.1, 0.15) is 0 Å².